The van der Waals surface area contributed by atoms with Gasteiger partial charge in [-0.15, -0.1) is 0 Å². The molecule has 0 bridgehead atoms. The van der Waals surface area contributed by atoms with Crippen LogP contribution in [0.15, 0.2) is 0 Å². The summed E-state index contributed by atoms with van der Waals surface area (Å²) in [7, 11) is -9.91. The molecule has 0 saturated heterocycles. The van der Waals surface area contributed by atoms with Crippen LogP contribution in [0, 0.1) is 23.7 Å². The number of aliphatic hydroxyl groups is 1. The van der Waals surface area contributed by atoms with Gasteiger partial charge in [-0.3, -0.25) is 37.3 Å². The van der Waals surface area contributed by atoms with Crippen LogP contribution in [-0.2, 0) is 65.4 Å². The van der Waals surface area contributed by atoms with Crippen molar-refractivity contribution in [3.8, 4) is 0 Å². The van der Waals surface area contributed by atoms with E-state index in [-0.39, 0.29) is 25.7 Å². The average Bonchev–Trinajstić information content (AvgIpc) is 3.71. The van der Waals surface area contributed by atoms with Gasteiger partial charge in [-0.25, -0.2) is 9.13 Å². The molecule has 0 radical (unpaired) electrons. The lowest BCUT2D eigenvalue weighted by Gasteiger charge is -2.21. The van der Waals surface area contributed by atoms with Crippen molar-refractivity contribution in [3.63, 3.8) is 0 Å². The van der Waals surface area contributed by atoms with Crippen LogP contribution in [-0.4, -0.2) is 96.7 Å². The summed E-state index contributed by atoms with van der Waals surface area (Å²) >= 11 is 0. The number of unbranched alkanes of at least 4 members (excludes halogenated alkanes) is 34. The maximum Gasteiger partial charge on any atom is 0.472 e. The summed E-state index contributed by atoms with van der Waals surface area (Å²) in [5.74, 6) is 0.912. The Morgan fingerprint density at radius 3 is 0.763 bits per heavy atom. The SMILES string of the molecule is CCC(C)CCCCCCCCCCCCCCCCCCCCC(=O)OC[C@H](COP(=O)(O)OC[C@@H](O)COP(=O)(O)OC[C@@H](COC(=O)CCCCCCCCC(C)CC)OC(=O)CCCCCCCCC(C)CC)OC(=O)CCCCCCCCCCC(C)C. The number of phosphoric ester groups is 2. The largest absolute Gasteiger partial charge is 0.472 e. The Morgan fingerprint density at radius 2 is 0.516 bits per heavy atom. The predicted molar refractivity (Wildman–Crippen MR) is 377 cm³/mol. The summed E-state index contributed by atoms with van der Waals surface area (Å²) in [6.45, 7) is 14.1. The molecule has 0 heterocycles. The van der Waals surface area contributed by atoms with Gasteiger partial charge in [0, 0.05) is 25.7 Å². The van der Waals surface area contributed by atoms with Gasteiger partial charge in [-0.05, 0) is 49.4 Å². The number of hydrogen-bond donors (Lipinski definition) is 3. The molecule has 0 fully saturated rings. The predicted octanol–water partition coefficient (Wildman–Crippen LogP) is 21.3. The quantitative estimate of drug-likeness (QED) is 0.0222. The Kier molecular flexibility index (Phi) is 62.2. The summed E-state index contributed by atoms with van der Waals surface area (Å²) in [6, 6.07) is 0. The van der Waals surface area contributed by atoms with Crippen molar-refractivity contribution in [1.82, 2.24) is 0 Å². The van der Waals surface area contributed by atoms with Gasteiger partial charge < -0.3 is 33.8 Å². The first-order valence-electron chi connectivity index (χ1n) is 38.3. The number of phosphoric acid groups is 2. The fourth-order valence-corrected chi connectivity index (χ4v) is 12.7. The topological polar surface area (TPSA) is 237 Å². The minimum Gasteiger partial charge on any atom is -0.462 e. The van der Waals surface area contributed by atoms with Gasteiger partial charge >= 0.3 is 39.5 Å². The third-order valence-electron chi connectivity index (χ3n) is 18.2. The Labute approximate surface area is 568 Å². The van der Waals surface area contributed by atoms with Crippen LogP contribution in [0.1, 0.15) is 370 Å². The van der Waals surface area contributed by atoms with E-state index in [9.17, 15) is 43.2 Å². The summed E-state index contributed by atoms with van der Waals surface area (Å²) in [5, 5.41) is 10.6. The minimum atomic E-state index is -4.95. The van der Waals surface area contributed by atoms with Gasteiger partial charge in [0.1, 0.15) is 19.3 Å². The highest BCUT2D eigenvalue weighted by Crippen LogP contribution is 2.45. The lowest BCUT2D eigenvalue weighted by atomic mass is 9.99. The van der Waals surface area contributed by atoms with Crippen molar-refractivity contribution in [1.29, 1.82) is 0 Å². The molecule has 17 nitrogen and oxygen atoms in total. The van der Waals surface area contributed by atoms with Crippen molar-refractivity contribution in [3.05, 3.63) is 0 Å². The van der Waals surface area contributed by atoms with Crippen LogP contribution in [0.25, 0.3) is 0 Å². The molecule has 0 aromatic heterocycles. The fourth-order valence-electron chi connectivity index (χ4n) is 11.1. The van der Waals surface area contributed by atoms with E-state index in [4.69, 9.17) is 37.0 Å². The first-order chi connectivity index (χ1) is 44.7. The van der Waals surface area contributed by atoms with Crippen LogP contribution >= 0.6 is 15.6 Å². The van der Waals surface area contributed by atoms with Gasteiger partial charge in [-0.2, -0.15) is 0 Å². The second kappa shape index (κ2) is 63.5. The normalized spacial score (nSPS) is 15.1. The molecule has 0 aromatic carbocycles. The van der Waals surface area contributed by atoms with Gasteiger partial charge in [0.25, 0.3) is 0 Å². The zero-order valence-electron chi connectivity index (χ0n) is 60.9. The van der Waals surface area contributed by atoms with Crippen LogP contribution in [0.2, 0.25) is 0 Å². The maximum absolute atomic E-state index is 13.0. The van der Waals surface area contributed by atoms with Crippen molar-refractivity contribution in [2.24, 2.45) is 23.7 Å². The maximum atomic E-state index is 13.0. The first kappa shape index (κ1) is 91.1. The van der Waals surface area contributed by atoms with Crippen molar-refractivity contribution < 1.29 is 80.2 Å². The highest BCUT2D eigenvalue weighted by Gasteiger charge is 2.30. The van der Waals surface area contributed by atoms with E-state index in [1.807, 2.05) is 0 Å². The number of rotatable bonds is 71. The second-order valence-electron chi connectivity index (χ2n) is 27.9. The molecular formula is C74H144O17P2. The van der Waals surface area contributed by atoms with Crippen LogP contribution < -0.4 is 0 Å². The molecular weight excluding hydrogens is 1220 g/mol. The molecule has 19 heteroatoms. The molecule has 0 aliphatic heterocycles. The standard InChI is InChI=1S/C74H144O17P2/c1-9-65(6)51-43-35-27-22-20-18-16-14-12-13-15-17-19-21-23-28-38-46-54-71(76)84-60-69(90-73(78)56-48-40-29-25-24-26-34-42-50-64(4)5)62-88-92(80,81)86-58-68(75)59-87-93(82,83)89-63-70(91-74(79)57-49-41-33-31-37-45-53-67(8)11-3)61-85-72(77)55-47-39-32-30-36-44-52-66(7)10-2/h64-70,75H,9-63H2,1-8H3,(H,80,81)(H,82,83)/t65?,66?,67?,68-,69-,70-/m1/s1. The van der Waals surface area contributed by atoms with E-state index in [2.05, 4.69) is 55.4 Å². The summed E-state index contributed by atoms with van der Waals surface area (Å²) < 4.78 is 68.3. The molecule has 0 aliphatic rings. The van der Waals surface area contributed by atoms with Crippen LogP contribution in [0.5, 0.6) is 0 Å². The van der Waals surface area contributed by atoms with E-state index in [1.54, 1.807) is 0 Å². The monoisotopic (exact) mass is 1370 g/mol. The average molecular weight is 1370 g/mol. The lowest BCUT2D eigenvalue weighted by Crippen LogP contribution is -2.30. The van der Waals surface area contributed by atoms with E-state index >= 15 is 0 Å². The van der Waals surface area contributed by atoms with Crippen LogP contribution in [0.3, 0.4) is 0 Å². The van der Waals surface area contributed by atoms with Gasteiger partial charge in [-0.1, -0.05) is 319 Å². The smallest absolute Gasteiger partial charge is 0.462 e. The molecule has 0 saturated carbocycles. The third-order valence-corrected chi connectivity index (χ3v) is 20.1. The molecule has 0 amide bonds. The van der Waals surface area contributed by atoms with Crippen molar-refractivity contribution in [2.75, 3.05) is 39.6 Å². The highest BCUT2D eigenvalue weighted by molar-refractivity contribution is 7.47. The minimum absolute atomic E-state index is 0.102. The number of esters is 4. The molecule has 93 heavy (non-hydrogen) atoms. The Morgan fingerprint density at radius 1 is 0.301 bits per heavy atom. The summed E-state index contributed by atoms with van der Waals surface area (Å²) in [6.07, 6.45) is 47.5. The second-order valence-corrected chi connectivity index (χ2v) is 30.8. The molecule has 0 aliphatic carbocycles. The molecule has 5 unspecified atom stereocenters. The Bertz CT molecular complexity index is 1840. The van der Waals surface area contributed by atoms with E-state index < -0.39 is 97.5 Å². The number of ether oxygens (including phenoxy) is 4. The Balaban J connectivity index is 5.13. The van der Waals surface area contributed by atoms with Crippen molar-refractivity contribution in [2.45, 2.75) is 388 Å². The molecule has 0 spiro atoms. The number of aliphatic hydroxyl groups excluding tert-OH is 1. The molecule has 0 aromatic rings. The first-order valence-corrected chi connectivity index (χ1v) is 41.3. The molecule has 3 N–H and O–H groups in total. The molecule has 552 valence electrons. The van der Waals surface area contributed by atoms with E-state index in [0.717, 1.165) is 120 Å². The van der Waals surface area contributed by atoms with Gasteiger partial charge in [0.15, 0.2) is 12.2 Å². The fraction of sp³-hybridized carbons (Fsp3) is 0.946. The zero-order valence-corrected chi connectivity index (χ0v) is 62.7. The summed E-state index contributed by atoms with van der Waals surface area (Å²) in [4.78, 5) is 72.6. The Hall–Kier alpha value is -1.94. The number of hydrogen-bond acceptors (Lipinski definition) is 15. The third kappa shape index (κ3) is 64.5. The van der Waals surface area contributed by atoms with E-state index in [1.165, 1.54) is 167 Å². The molecule has 0 rings (SSSR count). The number of carbonyl (C=O) groups excluding carboxylic acids is 4. The van der Waals surface area contributed by atoms with Gasteiger partial charge in [0.2, 0.25) is 0 Å². The summed E-state index contributed by atoms with van der Waals surface area (Å²) in [5.41, 5.74) is 0. The van der Waals surface area contributed by atoms with Crippen LogP contribution in [0.4, 0.5) is 0 Å². The zero-order chi connectivity index (χ0) is 68.9. The molecule has 8 atom stereocenters. The lowest BCUT2D eigenvalue weighted by molar-refractivity contribution is -0.161. The van der Waals surface area contributed by atoms with Gasteiger partial charge in [0.05, 0.1) is 26.4 Å². The number of carbonyl (C=O) groups is 4. The van der Waals surface area contributed by atoms with E-state index in [0.29, 0.717) is 25.7 Å². The van der Waals surface area contributed by atoms with Crippen molar-refractivity contribution >= 4 is 39.5 Å². The highest BCUT2D eigenvalue weighted by atomic mass is 31.2.